The van der Waals surface area contributed by atoms with Crippen molar-refractivity contribution in [2.45, 2.75) is 48.5 Å². The summed E-state index contributed by atoms with van der Waals surface area (Å²) in [5.41, 5.74) is 0. The summed E-state index contributed by atoms with van der Waals surface area (Å²) in [5, 5.41) is 0.786. The van der Waals surface area contributed by atoms with Crippen LogP contribution in [0, 0.1) is 0 Å². The first kappa shape index (κ1) is 24.4. The Kier molecular flexibility index (Phi) is 6.80. The Morgan fingerprint density at radius 2 is 1.32 bits per heavy atom. The number of ether oxygens (including phenoxy) is 1. The molecule has 0 aromatic heterocycles. The van der Waals surface area contributed by atoms with Gasteiger partial charge in [0.15, 0.2) is 15.1 Å². The number of carbonyl (C=O) groups excluding carboxylic acids is 1. The Morgan fingerprint density at radius 1 is 0.853 bits per heavy atom. The minimum Gasteiger partial charge on any atom is -0.459 e. The molecular formula is C27H30O5SSi. The van der Waals surface area contributed by atoms with Crippen LogP contribution in [0.2, 0.25) is 5.04 Å². The summed E-state index contributed by atoms with van der Waals surface area (Å²) in [6.45, 7) is 6.65. The van der Waals surface area contributed by atoms with E-state index in [9.17, 15) is 13.2 Å². The van der Waals surface area contributed by atoms with Crippen molar-refractivity contribution in [3.05, 3.63) is 91.0 Å². The van der Waals surface area contributed by atoms with Crippen molar-refractivity contribution in [2.24, 2.45) is 0 Å². The normalized spacial score (nSPS) is 19.1. The number of cyclic esters (lactones) is 1. The summed E-state index contributed by atoms with van der Waals surface area (Å²) in [6.07, 6.45) is -0.550. The molecule has 1 aliphatic heterocycles. The molecule has 0 N–H and O–H groups in total. The van der Waals surface area contributed by atoms with E-state index in [2.05, 4.69) is 45.0 Å². The van der Waals surface area contributed by atoms with Gasteiger partial charge in [-0.3, -0.25) is 4.79 Å². The molecule has 0 saturated carbocycles. The zero-order valence-electron chi connectivity index (χ0n) is 19.7. The summed E-state index contributed by atoms with van der Waals surface area (Å²) in [5.74, 6) is -0.708. The number of esters is 1. The van der Waals surface area contributed by atoms with Crippen LogP contribution < -0.4 is 10.4 Å². The first-order valence-electron chi connectivity index (χ1n) is 11.4. The molecule has 3 aromatic carbocycles. The molecule has 0 aliphatic carbocycles. The molecule has 5 nitrogen and oxygen atoms in total. The van der Waals surface area contributed by atoms with Gasteiger partial charge in [-0.25, -0.2) is 8.42 Å². The molecule has 34 heavy (non-hydrogen) atoms. The molecule has 0 amide bonds. The standard InChI is InChI=1S/C27H30O5SSi/c1-27(2,3)34(23-15-9-5-10-16-23,24-17-11-6-12-18-24)31-20-21-19-25(26(28)32-21)33(29,30)22-13-7-4-8-14-22/h4-18,21,25H,19-20H2,1-3H3/t21-,25+/m0/s1. The van der Waals surface area contributed by atoms with E-state index in [0.717, 1.165) is 10.4 Å². The SMILES string of the molecule is CC(C)(C)[Si](OC[C@@H]1C[C@@H](S(=O)(=O)c2ccccc2)C(=O)O1)(c1ccccc1)c1ccccc1. The molecule has 0 radical (unpaired) electrons. The van der Waals surface area contributed by atoms with Crippen molar-refractivity contribution in [1.82, 2.24) is 0 Å². The van der Waals surface area contributed by atoms with E-state index >= 15 is 0 Å². The maximum absolute atomic E-state index is 13.1. The van der Waals surface area contributed by atoms with Gasteiger partial charge in [0.1, 0.15) is 6.10 Å². The van der Waals surface area contributed by atoms with Gasteiger partial charge in [0, 0.05) is 6.42 Å². The van der Waals surface area contributed by atoms with E-state index < -0.39 is 35.5 Å². The third-order valence-electron chi connectivity index (χ3n) is 6.37. The van der Waals surface area contributed by atoms with Gasteiger partial charge in [-0.1, -0.05) is 99.6 Å². The van der Waals surface area contributed by atoms with Crippen LogP contribution in [0.1, 0.15) is 27.2 Å². The maximum Gasteiger partial charge on any atom is 0.325 e. The van der Waals surface area contributed by atoms with Gasteiger partial charge in [0.2, 0.25) is 0 Å². The van der Waals surface area contributed by atoms with E-state index in [1.807, 2.05) is 36.4 Å². The molecule has 2 atom stereocenters. The molecular weight excluding hydrogens is 464 g/mol. The predicted molar refractivity (Wildman–Crippen MR) is 135 cm³/mol. The molecule has 4 rings (SSSR count). The molecule has 1 saturated heterocycles. The van der Waals surface area contributed by atoms with Crippen LogP contribution >= 0.6 is 0 Å². The second-order valence-corrected chi connectivity index (χ2v) is 16.1. The fraction of sp³-hybridized carbons (Fsp3) is 0.296. The molecule has 0 spiro atoms. The van der Waals surface area contributed by atoms with Crippen LogP contribution in [0.25, 0.3) is 0 Å². The van der Waals surface area contributed by atoms with Gasteiger partial charge >= 0.3 is 5.97 Å². The summed E-state index contributed by atoms with van der Waals surface area (Å²) < 4.78 is 38.5. The fourth-order valence-corrected chi connectivity index (χ4v) is 11.0. The minimum absolute atomic E-state index is 0.0776. The summed E-state index contributed by atoms with van der Waals surface area (Å²) >= 11 is 0. The highest BCUT2D eigenvalue weighted by Crippen LogP contribution is 2.37. The Labute approximate surface area is 202 Å². The quantitative estimate of drug-likeness (QED) is 0.370. The molecule has 1 aliphatic rings. The number of carbonyl (C=O) groups is 1. The largest absolute Gasteiger partial charge is 0.459 e. The third kappa shape index (κ3) is 4.47. The highest BCUT2D eigenvalue weighted by atomic mass is 32.2. The van der Waals surface area contributed by atoms with Crippen LogP contribution in [0.4, 0.5) is 0 Å². The Balaban J connectivity index is 1.64. The van der Waals surface area contributed by atoms with Crippen LogP contribution in [0.15, 0.2) is 95.9 Å². The lowest BCUT2D eigenvalue weighted by molar-refractivity contribution is -0.142. The maximum atomic E-state index is 13.1. The van der Waals surface area contributed by atoms with Crippen LogP contribution in [0.5, 0.6) is 0 Å². The fourth-order valence-electron chi connectivity index (χ4n) is 4.73. The lowest BCUT2D eigenvalue weighted by Crippen LogP contribution is -2.67. The van der Waals surface area contributed by atoms with E-state index in [0.29, 0.717) is 0 Å². The molecule has 1 heterocycles. The Hall–Kier alpha value is -2.74. The van der Waals surface area contributed by atoms with Gasteiger partial charge in [-0.15, -0.1) is 0 Å². The summed E-state index contributed by atoms with van der Waals surface area (Å²) in [6, 6.07) is 28.4. The molecule has 7 heteroatoms. The molecule has 178 valence electrons. The van der Waals surface area contributed by atoms with E-state index in [1.165, 1.54) is 12.1 Å². The summed E-state index contributed by atoms with van der Waals surface area (Å²) in [4.78, 5) is 12.8. The van der Waals surface area contributed by atoms with Gasteiger partial charge < -0.3 is 9.16 Å². The van der Waals surface area contributed by atoms with Crippen LogP contribution in [-0.2, 0) is 23.8 Å². The van der Waals surface area contributed by atoms with E-state index in [1.54, 1.807) is 18.2 Å². The smallest absolute Gasteiger partial charge is 0.325 e. The minimum atomic E-state index is -3.83. The van der Waals surface area contributed by atoms with Gasteiger partial charge in [0.25, 0.3) is 8.32 Å². The average molecular weight is 495 g/mol. The number of hydrogen-bond donors (Lipinski definition) is 0. The number of hydrogen-bond acceptors (Lipinski definition) is 5. The van der Waals surface area contributed by atoms with Gasteiger partial charge in [0.05, 0.1) is 11.5 Å². The predicted octanol–water partition coefficient (Wildman–Crippen LogP) is 3.72. The molecule has 0 unspecified atom stereocenters. The van der Waals surface area contributed by atoms with E-state index in [-0.39, 0.29) is 23.0 Å². The van der Waals surface area contributed by atoms with Crippen molar-refractivity contribution in [2.75, 3.05) is 6.61 Å². The monoisotopic (exact) mass is 494 g/mol. The van der Waals surface area contributed by atoms with Gasteiger partial charge in [-0.2, -0.15) is 0 Å². The number of sulfone groups is 1. The summed E-state index contributed by atoms with van der Waals surface area (Å²) in [7, 11) is -6.64. The Morgan fingerprint density at radius 3 is 1.79 bits per heavy atom. The zero-order chi connectivity index (χ0) is 24.4. The number of benzene rings is 3. The van der Waals surface area contributed by atoms with Crippen LogP contribution in [0.3, 0.4) is 0 Å². The highest BCUT2D eigenvalue weighted by Gasteiger charge is 2.52. The van der Waals surface area contributed by atoms with Crippen molar-refractivity contribution >= 4 is 34.5 Å². The lowest BCUT2D eigenvalue weighted by atomic mass is 10.2. The second-order valence-electron chi connectivity index (χ2n) is 9.62. The Bertz CT molecular complexity index is 1180. The topological polar surface area (TPSA) is 69.7 Å². The first-order chi connectivity index (χ1) is 16.2. The molecule has 1 fully saturated rings. The highest BCUT2D eigenvalue weighted by molar-refractivity contribution is 7.92. The average Bonchev–Trinajstić information content (AvgIpc) is 3.22. The van der Waals surface area contributed by atoms with Crippen molar-refractivity contribution in [1.29, 1.82) is 0 Å². The van der Waals surface area contributed by atoms with Gasteiger partial charge in [-0.05, 0) is 27.5 Å². The zero-order valence-corrected chi connectivity index (χ0v) is 21.5. The first-order valence-corrected chi connectivity index (χ1v) is 14.9. The van der Waals surface area contributed by atoms with Crippen LogP contribution in [-0.4, -0.2) is 40.7 Å². The number of rotatable bonds is 7. The molecule has 3 aromatic rings. The van der Waals surface area contributed by atoms with Crippen molar-refractivity contribution in [3.63, 3.8) is 0 Å². The third-order valence-corrected chi connectivity index (χ3v) is 13.4. The second kappa shape index (κ2) is 9.48. The lowest BCUT2D eigenvalue weighted by Gasteiger charge is -2.43. The molecule has 0 bridgehead atoms. The van der Waals surface area contributed by atoms with Crippen molar-refractivity contribution < 1.29 is 22.4 Å². The van der Waals surface area contributed by atoms with E-state index in [4.69, 9.17) is 9.16 Å². The van der Waals surface area contributed by atoms with Crippen molar-refractivity contribution in [3.8, 4) is 0 Å².